The molecule has 1 unspecified atom stereocenters. The molecule has 1 amide bonds. The molecular formula is C23H32N2O2. The van der Waals surface area contributed by atoms with Crippen LogP contribution in [0.25, 0.3) is 0 Å². The first kappa shape index (κ1) is 19.5. The molecule has 1 aromatic heterocycles. The van der Waals surface area contributed by atoms with Crippen molar-refractivity contribution >= 4 is 5.91 Å². The molecule has 0 bridgehead atoms. The van der Waals surface area contributed by atoms with Gasteiger partial charge in [0.1, 0.15) is 5.75 Å². The van der Waals surface area contributed by atoms with Crippen LogP contribution in [0.4, 0.5) is 0 Å². The molecule has 1 fully saturated rings. The molecule has 146 valence electrons. The second-order valence-corrected chi connectivity index (χ2v) is 7.46. The molecule has 4 heteroatoms. The van der Waals surface area contributed by atoms with Gasteiger partial charge in [-0.1, -0.05) is 32.6 Å². The predicted octanol–water partition coefficient (Wildman–Crippen LogP) is 5.14. The van der Waals surface area contributed by atoms with E-state index in [1.165, 1.54) is 25.7 Å². The maximum absolute atomic E-state index is 12.9. The van der Waals surface area contributed by atoms with Crippen LogP contribution < -0.4 is 4.74 Å². The average Bonchev–Trinajstić information content (AvgIpc) is 3.37. The predicted molar refractivity (Wildman–Crippen MR) is 109 cm³/mol. The molecule has 1 aliphatic rings. The zero-order valence-electron chi connectivity index (χ0n) is 16.5. The molecule has 1 aromatic carbocycles. The fourth-order valence-electron chi connectivity index (χ4n) is 3.78. The van der Waals surface area contributed by atoms with Gasteiger partial charge in [0.05, 0.1) is 6.61 Å². The number of hydrogen-bond donors (Lipinski definition) is 0. The number of unbranched alkanes of at least 4 members (excludes halogenated alkanes) is 4. The van der Waals surface area contributed by atoms with Gasteiger partial charge in [-0.05, 0) is 55.7 Å². The summed E-state index contributed by atoms with van der Waals surface area (Å²) in [5, 5.41) is 0. The standard InChI is InChI=1S/C23H32N2O2/c1-2-3-4-5-8-18-27-22-13-11-20(12-14-22)23(26)25-17-9-10-21(25)19-24-15-6-7-16-24/h6-7,11-16,21H,2-5,8-10,17-19H2,1H3. The van der Waals surface area contributed by atoms with Gasteiger partial charge >= 0.3 is 0 Å². The van der Waals surface area contributed by atoms with Crippen LogP contribution in [0.15, 0.2) is 48.8 Å². The lowest BCUT2D eigenvalue weighted by Crippen LogP contribution is -2.37. The second kappa shape index (κ2) is 10.2. The first-order chi connectivity index (χ1) is 13.3. The molecule has 27 heavy (non-hydrogen) atoms. The fraction of sp³-hybridized carbons (Fsp3) is 0.522. The molecule has 1 atom stereocenters. The molecule has 0 N–H and O–H groups in total. The lowest BCUT2D eigenvalue weighted by Gasteiger charge is -2.25. The van der Waals surface area contributed by atoms with Crippen LogP contribution in [0.3, 0.4) is 0 Å². The lowest BCUT2D eigenvalue weighted by atomic mass is 10.1. The van der Waals surface area contributed by atoms with Gasteiger partial charge < -0.3 is 14.2 Å². The van der Waals surface area contributed by atoms with E-state index in [1.807, 2.05) is 41.3 Å². The van der Waals surface area contributed by atoms with Gasteiger partial charge in [0, 0.05) is 37.1 Å². The van der Waals surface area contributed by atoms with Crippen LogP contribution in [0.1, 0.15) is 62.2 Å². The number of amides is 1. The van der Waals surface area contributed by atoms with Crippen molar-refractivity contribution in [3.05, 3.63) is 54.4 Å². The van der Waals surface area contributed by atoms with E-state index in [9.17, 15) is 4.79 Å². The second-order valence-electron chi connectivity index (χ2n) is 7.46. The highest BCUT2D eigenvalue weighted by molar-refractivity contribution is 5.94. The van der Waals surface area contributed by atoms with Crippen molar-refractivity contribution in [2.24, 2.45) is 0 Å². The Balaban J connectivity index is 1.49. The summed E-state index contributed by atoms with van der Waals surface area (Å²) < 4.78 is 7.97. The SMILES string of the molecule is CCCCCCCOc1ccc(C(=O)N2CCCC2Cn2cccc2)cc1. The van der Waals surface area contributed by atoms with E-state index in [4.69, 9.17) is 4.74 Å². The number of hydrogen-bond acceptors (Lipinski definition) is 2. The minimum Gasteiger partial charge on any atom is -0.494 e. The van der Waals surface area contributed by atoms with Gasteiger partial charge in [0.25, 0.3) is 5.91 Å². The average molecular weight is 369 g/mol. The van der Waals surface area contributed by atoms with Crippen molar-refractivity contribution < 1.29 is 9.53 Å². The van der Waals surface area contributed by atoms with Crippen molar-refractivity contribution in [2.45, 2.75) is 64.5 Å². The number of carbonyl (C=O) groups is 1. The van der Waals surface area contributed by atoms with E-state index < -0.39 is 0 Å². The Morgan fingerprint density at radius 1 is 1.07 bits per heavy atom. The monoisotopic (exact) mass is 368 g/mol. The number of benzene rings is 1. The molecule has 2 aromatic rings. The smallest absolute Gasteiger partial charge is 0.254 e. The number of rotatable bonds is 10. The van der Waals surface area contributed by atoms with Crippen molar-refractivity contribution in [3.63, 3.8) is 0 Å². The van der Waals surface area contributed by atoms with Crippen molar-refractivity contribution in [1.82, 2.24) is 9.47 Å². The van der Waals surface area contributed by atoms with Crippen molar-refractivity contribution in [2.75, 3.05) is 13.2 Å². The third kappa shape index (κ3) is 5.62. The molecule has 1 aliphatic heterocycles. The quantitative estimate of drug-likeness (QED) is 0.544. The van der Waals surface area contributed by atoms with Crippen molar-refractivity contribution in [3.8, 4) is 5.75 Å². The van der Waals surface area contributed by atoms with Crippen LogP contribution in [-0.2, 0) is 6.54 Å². The molecule has 3 rings (SSSR count). The number of ether oxygens (including phenoxy) is 1. The highest BCUT2D eigenvalue weighted by Gasteiger charge is 2.29. The minimum atomic E-state index is 0.135. The molecule has 2 heterocycles. The van der Waals surface area contributed by atoms with Crippen LogP contribution >= 0.6 is 0 Å². The Morgan fingerprint density at radius 3 is 2.56 bits per heavy atom. The highest BCUT2D eigenvalue weighted by atomic mass is 16.5. The zero-order valence-corrected chi connectivity index (χ0v) is 16.5. The topological polar surface area (TPSA) is 34.5 Å². The number of carbonyl (C=O) groups excluding carboxylic acids is 1. The Hall–Kier alpha value is -2.23. The van der Waals surface area contributed by atoms with Crippen LogP contribution in [-0.4, -0.2) is 34.6 Å². The van der Waals surface area contributed by atoms with Gasteiger partial charge in [-0.3, -0.25) is 4.79 Å². The number of nitrogens with zero attached hydrogens (tertiary/aromatic N) is 2. The number of aromatic nitrogens is 1. The molecule has 0 saturated carbocycles. The third-order valence-electron chi connectivity index (χ3n) is 5.34. The molecule has 1 saturated heterocycles. The van der Waals surface area contributed by atoms with Gasteiger partial charge in [-0.2, -0.15) is 0 Å². The summed E-state index contributed by atoms with van der Waals surface area (Å²) in [4.78, 5) is 15.0. The van der Waals surface area contributed by atoms with Crippen LogP contribution in [0, 0.1) is 0 Å². The summed E-state index contributed by atoms with van der Waals surface area (Å²) in [5.41, 5.74) is 0.754. The summed E-state index contributed by atoms with van der Waals surface area (Å²) in [5.74, 6) is 0.989. The Kier molecular flexibility index (Phi) is 7.37. The zero-order chi connectivity index (χ0) is 18.9. The third-order valence-corrected chi connectivity index (χ3v) is 5.34. The van der Waals surface area contributed by atoms with Crippen LogP contribution in [0.5, 0.6) is 5.75 Å². The molecular weight excluding hydrogens is 336 g/mol. The summed E-state index contributed by atoms with van der Waals surface area (Å²) >= 11 is 0. The van der Waals surface area contributed by atoms with Gasteiger partial charge in [0.2, 0.25) is 0 Å². The fourth-order valence-corrected chi connectivity index (χ4v) is 3.78. The molecule has 0 aliphatic carbocycles. The van der Waals surface area contributed by atoms with Gasteiger partial charge in [-0.15, -0.1) is 0 Å². The highest BCUT2D eigenvalue weighted by Crippen LogP contribution is 2.23. The maximum atomic E-state index is 12.9. The van der Waals surface area contributed by atoms with E-state index in [1.54, 1.807) is 0 Å². The summed E-state index contributed by atoms with van der Waals surface area (Å²) in [6, 6.07) is 12.0. The Morgan fingerprint density at radius 2 is 1.81 bits per heavy atom. The lowest BCUT2D eigenvalue weighted by molar-refractivity contribution is 0.0724. The maximum Gasteiger partial charge on any atom is 0.254 e. The Labute approximate surface area is 163 Å². The van der Waals surface area contributed by atoms with E-state index in [-0.39, 0.29) is 11.9 Å². The van der Waals surface area contributed by atoms with E-state index in [2.05, 4.69) is 23.9 Å². The van der Waals surface area contributed by atoms with Gasteiger partial charge in [0.15, 0.2) is 0 Å². The minimum absolute atomic E-state index is 0.135. The summed E-state index contributed by atoms with van der Waals surface area (Å²) in [6.07, 6.45) is 12.5. The molecule has 0 radical (unpaired) electrons. The number of likely N-dealkylation sites (tertiary alicyclic amines) is 1. The molecule has 0 spiro atoms. The largest absolute Gasteiger partial charge is 0.494 e. The van der Waals surface area contributed by atoms with E-state index in [0.717, 1.165) is 50.3 Å². The van der Waals surface area contributed by atoms with Crippen LogP contribution in [0.2, 0.25) is 0 Å². The normalized spacial score (nSPS) is 16.6. The summed E-state index contributed by atoms with van der Waals surface area (Å²) in [6.45, 7) is 4.70. The van der Waals surface area contributed by atoms with Crippen molar-refractivity contribution in [1.29, 1.82) is 0 Å². The van der Waals surface area contributed by atoms with E-state index in [0.29, 0.717) is 0 Å². The summed E-state index contributed by atoms with van der Waals surface area (Å²) in [7, 11) is 0. The first-order valence-electron chi connectivity index (χ1n) is 10.4. The van der Waals surface area contributed by atoms with E-state index >= 15 is 0 Å². The Bertz CT molecular complexity index is 679. The molecule has 4 nitrogen and oxygen atoms in total. The van der Waals surface area contributed by atoms with Gasteiger partial charge in [-0.25, -0.2) is 0 Å². The first-order valence-corrected chi connectivity index (χ1v) is 10.4.